The van der Waals surface area contributed by atoms with E-state index in [1.165, 1.54) is 22.7 Å². The van der Waals surface area contributed by atoms with E-state index in [0.717, 1.165) is 19.4 Å². The summed E-state index contributed by atoms with van der Waals surface area (Å²) in [5, 5.41) is 10.8. The molecule has 1 aromatic carbocycles. The molecule has 0 unspecified atom stereocenters. The summed E-state index contributed by atoms with van der Waals surface area (Å²) in [7, 11) is 3.07. The highest BCUT2D eigenvalue weighted by atomic mass is 16.5. The first-order chi connectivity index (χ1) is 14.6. The summed E-state index contributed by atoms with van der Waals surface area (Å²) in [4.78, 5) is 29.2. The van der Waals surface area contributed by atoms with E-state index in [1.807, 2.05) is 0 Å². The van der Waals surface area contributed by atoms with Crippen LogP contribution in [0.2, 0.25) is 0 Å². The Morgan fingerprint density at radius 2 is 2.13 bits per heavy atom. The molecule has 1 aliphatic rings. The smallest absolute Gasteiger partial charge is 0.284 e. The Hall–Kier alpha value is -3.47. The largest absolute Gasteiger partial charge is 0.493 e. The number of ether oxygens (including phenoxy) is 3. The highest BCUT2D eigenvalue weighted by molar-refractivity contribution is 5.76. The SMILES string of the molecule is COc1ccc(-n2nnc3c(=O)n(CC(=O)NC[C@H]4CCCO4)cnc32)cc1OC. The van der Waals surface area contributed by atoms with Crippen LogP contribution in [0.3, 0.4) is 0 Å². The normalized spacial score (nSPS) is 16.0. The molecular formula is C19H22N6O5. The molecule has 1 amide bonds. The van der Waals surface area contributed by atoms with Crippen molar-refractivity contribution in [2.45, 2.75) is 25.5 Å². The maximum Gasteiger partial charge on any atom is 0.284 e. The number of amides is 1. The third kappa shape index (κ3) is 3.83. The van der Waals surface area contributed by atoms with Crippen molar-refractivity contribution in [1.82, 2.24) is 29.9 Å². The molecule has 0 saturated carbocycles. The molecule has 4 rings (SSSR count). The lowest BCUT2D eigenvalue weighted by molar-refractivity contribution is -0.122. The van der Waals surface area contributed by atoms with Gasteiger partial charge in [0, 0.05) is 19.2 Å². The molecule has 1 fully saturated rings. The van der Waals surface area contributed by atoms with E-state index >= 15 is 0 Å². The average molecular weight is 414 g/mol. The van der Waals surface area contributed by atoms with Crippen LogP contribution in [0.5, 0.6) is 11.5 Å². The van der Waals surface area contributed by atoms with Crippen LogP contribution in [0.4, 0.5) is 0 Å². The van der Waals surface area contributed by atoms with Gasteiger partial charge in [-0.2, -0.15) is 4.68 Å². The predicted molar refractivity (Wildman–Crippen MR) is 106 cm³/mol. The first kappa shape index (κ1) is 19.8. The predicted octanol–water partition coefficient (Wildman–Crippen LogP) is 0.290. The fraction of sp³-hybridized carbons (Fsp3) is 0.421. The van der Waals surface area contributed by atoms with Gasteiger partial charge < -0.3 is 19.5 Å². The van der Waals surface area contributed by atoms with Gasteiger partial charge in [0.1, 0.15) is 12.9 Å². The molecule has 3 heterocycles. The number of carbonyl (C=O) groups excluding carboxylic acids is 1. The van der Waals surface area contributed by atoms with Crippen molar-refractivity contribution in [3.8, 4) is 17.2 Å². The molecule has 11 nitrogen and oxygen atoms in total. The average Bonchev–Trinajstić information content (AvgIpc) is 3.44. The second-order valence-electron chi connectivity index (χ2n) is 6.83. The molecule has 1 atom stereocenters. The Morgan fingerprint density at radius 1 is 1.30 bits per heavy atom. The summed E-state index contributed by atoms with van der Waals surface area (Å²) in [5.74, 6) is 0.783. The Labute approximate surface area is 171 Å². The molecule has 1 aliphatic heterocycles. The van der Waals surface area contributed by atoms with E-state index in [2.05, 4.69) is 20.6 Å². The lowest BCUT2D eigenvalue weighted by atomic mass is 10.2. The van der Waals surface area contributed by atoms with Crippen molar-refractivity contribution in [2.75, 3.05) is 27.4 Å². The van der Waals surface area contributed by atoms with Crippen LogP contribution < -0.4 is 20.3 Å². The van der Waals surface area contributed by atoms with Gasteiger partial charge in [0.2, 0.25) is 5.91 Å². The number of nitrogens with one attached hydrogen (secondary N) is 1. The van der Waals surface area contributed by atoms with Gasteiger partial charge in [0.25, 0.3) is 5.56 Å². The number of hydrogen-bond donors (Lipinski definition) is 1. The van der Waals surface area contributed by atoms with Crippen LogP contribution >= 0.6 is 0 Å². The van der Waals surface area contributed by atoms with Crippen molar-refractivity contribution in [2.24, 2.45) is 0 Å². The van der Waals surface area contributed by atoms with Crippen molar-refractivity contribution >= 4 is 17.1 Å². The fourth-order valence-electron chi connectivity index (χ4n) is 3.33. The number of carbonyl (C=O) groups is 1. The molecule has 0 radical (unpaired) electrons. The van der Waals surface area contributed by atoms with Crippen molar-refractivity contribution in [3.63, 3.8) is 0 Å². The zero-order chi connectivity index (χ0) is 21.1. The van der Waals surface area contributed by atoms with E-state index in [9.17, 15) is 9.59 Å². The van der Waals surface area contributed by atoms with Gasteiger partial charge in [0.05, 0.1) is 26.0 Å². The minimum Gasteiger partial charge on any atom is -0.493 e. The van der Waals surface area contributed by atoms with Crippen LogP contribution in [-0.4, -0.2) is 63.9 Å². The van der Waals surface area contributed by atoms with Crippen molar-refractivity contribution in [1.29, 1.82) is 0 Å². The molecule has 30 heavy (non-hydrogen) atoms. The first-order valence-electron chi connectivity index (χ1n) is 9.52. The second-order valence-corrected chi connectivity index (χ2v) is 6.83. The molecule has 2 aromatic heterocycles. The standard InChI is InChI=1S/C19H22N6O5/c1-28-14-6-5-12(8-15(14)29-2)25-18-17(22-23-25)19(27)24(11-21-18)10-16(26)20-9-13-4-3-7-30-13/h5-6,8,11,13H,3-4,7,9-10H2,1-2H3,(H,20,26)/t13-/m1/s1. The second kappa shape index (κ2) is 8.49. The molecule has 0 spiro atoms. The van der Waals surface area contributed by atoms with Crippen LogP contribution in [0.15, 0.2) is 29.3 Å². The van der Waals surface area contributed by atoms with Crippen LogP contribution in [0.1, 0.15) is 12.8 Å². The lowest BCUT2D eigenvalue weighted by Crippen LogP contribution is -2.36. The van der Waals surface area contributed by atoms with E-state index < -0.39 is 5.56 Å². The summed E-state index contributed by atoms with van der Waals surface area (Å²) in [5.41, 5.74) is 0.510. The summed E-state index contributed by atoms with van der Waals surface area (Å²) < 4.78 is 18.7. The van der Waals surface area contributed by atoms with E-state index in [1.54, 1.807) is 25.3 Å². The van der Waals surface area contributed by atoms with Crippen LogP contribution in [0, 0.1) is 0 Å². The van der Waals surface area contributed by atoms with E-state index in [0.29, 0.717) is 23.7 Å². The van der Waals surface area contributed by atoms with Gasteiger partial charge in [-0.1, -0.05) is 5.21 Å². The summed E-state index contributed by atoms with van der Waals surface area (Å²) >= 11 is 0. The van der Waals surface area contributed by atoms with Gasteiger partial charge in [0.15, 0.2) is 22.7 Å². The van der Waals surface area contributed by atoms with E-state index in [4.69, 9.17) is 14.2 Å². The number of hydrogen-bond acceptors (Lipinski definition) is 8. The summed E-state index contributed by atoms with van der Waals surface area (Å²) in [6, 6.07) is 5.18. The Morgan fingerprint density at radius 3 is 2.87 bits per heavy atom. The quantitative estimate of drug-likeness (QED) is 0.585. The van der Waals surface area contributed by atoms with Gasteiger partial charge in [-0.05, 0) is 25.0 Å². The molecule has 1 saturated heterocycles. The molecular weight excluding hydrogens is 392 g/mol. The molecule has 1 N–H and O–H groups in total. The maximum absolute atomic E-state index is 12.8. The maximum atomic E-state index is 12.8. The van der Waals surface area contributed by atoms with Crippen LogP contribution in [-0.2, 0) is 16.1 Å². The molecule has 0 bridgehead atoms. The Kier molecular flexibility index (Phi) is 5.61. The number of methoxy groups -OCH3 is 2. The zero-order valence-electron chi connectivity index (χ0n) is 16.7. The van der Waals surface area contributed by atoms with Gasteiger partial charge >= 0.3 is 0 Å². The van der Waals surface area contributed by atoms with Gasteiger partial charge in [-0.25, -0.2) is 4.98 Å². The monoisotopic (exact) mass is 414 g/mol. The van der Waals surface area contributed by atoms with Gasteiger partial charge in [-0.3, -0.25) is 14.2 Å². The van der Waals surface area contributed by atoms with Crippen molar-refractivity contribution in [3.05, 3.63) is 34.9 Å². The number of fused-ring (bicyclic) bond motifs is 1. The van der Waals surface area contributed by atoms with Crippen molar-refractivity contribution < 1.29 is 19.0 Å². The Balaban J connectivity index is 1.56. The zero-order valence-corrected chi connectivity index (χ0v) is 16.7. The summed E-state index contributed by atoms with van der Waals surface area (Å²) in [6.45, 7) is 0.993. The number of benzene rings is 1. The molecule has 158 valence electrons. The molecule has 11 heteroatoms. The van der Waals surface area contributed by atoms with E-state index in [-0.39, 0.29) is 29.7 Å². The Bertz CT molecular complexity index is 1120. The minimum absolute atomic E-state index is 0.0349. The molecule has 3 aromatic rings. The molecule has 0 aliphatic carbocycles. The third-order valence-corrected chi connectivity index (χ3v) is 4.91. The minimum atomic E-state index is -0.445. The van der Waals surface area contributed by atoms with Crippen LogP contribution in [0.25, 0.3) is 16.9 Å². The highest BCUT2D eigenvalue weighted by Crippen LogP contribution is 2.29. The first-order valence-corrected chi connectivity index (χ1v) is 9.52. The highest BCUT2D eigenvalue weighted by Gasteiger charge is 2.18. The topological polar surface area (TPSA) is 122 Å². The number of aromatic nitrogens is 5. The third-order valence-electron chi connectivity index (χ3n) is 4.91. The number of nitrogens with zero attached hydrogens (tertiary/aromatic N) is 5. The van der Waals surface area contributed by atoms with Gasteiger partial charge in [-0.15, -0.1) is 5.10 Å². The fourth-order valence-corrected chi connectivity index (χ4v) is 3.33. The lowest BCUT2D eigenvalue weighted by Gasteiger charge is -2.11. The summed E-state index contributed by atoms with van der Waals surface area (Å²) in [6.07, 6.45) is 3.27. The number of rotatable bonds is 7.